The zero-order valence-electron chi connectivity index (χ0n) is 5.90. The van der Waals surface area contributed by atoms with Gasteiger partial charge in [0.25, 0.3) is 0 Å². The first-order valence-corrected chi connectivity index (χ1v) is 4.05. The van der Waals surface area contributed by atoms with E-state index in [1.165, 1.54) is 38.6 Å². The molecule has 0 aromatic carbocycles. The first-order valence-electron chi connectivity index (χ1n) is 4.05. The molecule has 1 aliphatic heterocycles. The molecule has 1 spiro atoms. The van der Waals surface area contributed by atoms with Crippen molar-refractivity contribution < 1.29 is 0 Å². The first kappa shape index (κ1) is 5.72. The maximum absolute atomic E-state index is 4.45. The van der Waals surface area contributed by atoms with Crippen LogP contribution in [0.5, 0.6) is 0 Å². The third-order valence-corrected chi connectivity index (χ3v) is 2.88. The molecular formula is C8H14N. The van der Waals surface area contributed by atoms with Gasteiger partial charge in [-0.1, -0.05) is 6.42 Å². The first-order chi connectivity index (χ1) is 4.41. The van der Waals surface area contributed by atoms with E-state index in [2.05, 4.69) is 5.32 Å². The minimum Gasteiger partial charge on any atom is -0.241 e. The minimum atomic E-state index is 0.734. The minimum absolute atomic E-state index is 0.734. The van der Waals surface area contributed by atoms with E-state index in [0.29, 0.717) is 0 Å². The van der Waals surface area contributed by atoms with E-state index in [0.717, 1.165) is 12.0 Å². The molecule has 0 bridgehead atoms. The fourth-order valence-corrected chi connectivity index (χ4v) is 2.05. The van der Waals surface area contributed by atoms with Crippen molar-refractivity contribution in [1.82, 2.24) is 5.32 Å². The largest absolute Gasteiger partial charge is 0.241 e. The Morgan fingerprint density at radius 2 is 1.78 bits per heavy atom. The maximum atomic E-state index is 4.45. The molecule has 0 amide bonds. The van der Waals surface area contributed by atoms with Crippen molar-refractivity contribution >= 4 is 0 Å². The van der Waals surface area contributed by atoms with E-state index >= 15 is 0 Å². The molecule has 2 rings (SSSR count). The molecule has 1 heterocycles. The Labute approximate surface area is 56.8 Å². The fraction of sp³-hybridized carbons (Fsp3) is 1.00. The van der Waals surface area contributed by atoms with Crippen LogP contribution in [0.3, 0.4) is 0 Å². The van der Waals surface area contributed by atoms with Crippen LogP contribution in [0.4, 0.5) is 0 Å². The SMILES string of the molecule is C1C[N]CC2(C1)CCC2. The summed E-state index contributed by atoms with van der Waals surface area (Å²) < 4.78 is 0. The molecule has 0 N–H and O–H groups in total. The van der Waals surface area contributed by atoms with Gasteiger partial charge in [-0.2, -0.15) is 0 Å². The molecule has 1 heteroatoms. The molecular weight excluding hydrogens is 110 g/mol. The summed E-state index contributed by atoms with van der Waals surface area (Å²) in [6, 6.07) is 0. The van der Waals surface area contributed by atoms with Crippen molar-refractivity contribution in [3.8, 4) is 0 Å². The molecule has 0 aromatic rings. The smallest absolute Gasteiger partial charge is 0.0189 e. The highest BCUT2D eigenvalue weighted by Crippen LogP contribution is 2.45. The lowest BCUT2D eigenvalue weighted by Gasteiger charge is -2.44. The van der Waals surface area contributed by atoms with Gasteiger partial charge in [0.2, 0.25) is 0 Å². The van der Waals surface area contributed by atoms with Gasteiger partial charge in [-0.25, -0.2) is 5.32 Å². The summed E-state index contributed by atoms with van der Waals surface area (Å²) in [4.78, 5) is 0. The Bertz CT molecular complexity index is 97.1. The van der Waals surface area contributed by atoms with Gasteiger partial charge in [0.05, 0.1) is 0 Å². The third-order valence-electron chi connectivity index (χ3n) is 2.88. The number of nitrogens with zero attached hydrogens (tertiary/aromatic N) is 1. The normalized spacial score (nSPS) is 32.0. The lowest BCUT2D eigenvalue weighted by molar-refractivity contribution is 0.0916. The molecule has 1 saturated heterocycles. The summed E-state index contributed by atoms with van der Waals surface area (Å²) >= 11 is 0. The van der Waals surface area contributed by atoms with E-state index in [1.807, 2.05) is 0 Å². The zero-order valence-corrected chi connectivity index (χ0v) is 5.90. The number of piperidine rings is 1. The summed E-state index contributed by atoms with van der Waals surface area (Å²) in [6.07, 6.45) is 7.24. The maximum Gasteiger partial charge on any atom is 0.0189 e. The topological polar surface area (TPSA) is 14.1 Å². The predicted octanol–water partition coefficient (Wildman–Crippen LogP) is 1.55. The lowest BCUT2D eigenvalue weighted by Crippen LogP contribution is -2.41. The standard InChI is InChI=1S/C8H14N/c1-3-8(4-1)5-2-6-9-7-8/h1-7H2. The molecule has 1 saturated carbocycles. The van der Waals surface area contributed by atoms with Gasteiger partial charge < -0.3 is 0 Å². The second-order valence-corrected chi connectivity index (χ2v) is 3.56. The summed E-state index contributed by atoms with van der Waals surface area (Å²) in [5, 5.41) is 4.45. The monoisotopic (exact) mass is 124 g/mol. The van der Waals surface area contributed by atoms with Crippen LogP contribution in [0.2, 0.25) is 0 Å². The summed E-state index contributed by atoms with van der Waals surface area (Å²) in [5.74, 6) is 0. The van der Waals surface area contributed by atoms with Crippen LogP contribution in [0.25, 0.3) is 0 Å². The summed E-state index contributed by atoms with van der Waals surface area (Å²) in [7, 11) is 0. The van der Waals surface area contributed by atoms with Crippen molar-refractivity contribution in [3.63, 3.8) is 0 Å². The highest BCUT2D eigenvalue weighted by atomic mass is 14.9. The van der Waals surface area contributed by atoms with Crippen LogP contribution in [-0.4, -0.2) is 13.1 Å². The Morgan fingerprint density at radius 1 is 1.00 bits per heavy atom. The lowest BCUT2D eigenvalue weighted by atomic mass is 9.65. The van der Waals surface area contributed by atoms with Crippen molar-refractivity contribution in [2.45, 2.75) is 32.1 Å². The summed E-state index contributed by atoms with van der Waals surface area (Å²) in [5.41, 5.74) is 0.734. The molecule has 0 atom stereocenters. The number of hydrogen-bond acceptors (Lipinski definition) is 0. The molecule has 1 aliphatic carbocycles. The van der Waals surface area contributed by atoms with Crippen LogP contribution < -0.4 is 5.32 Å². The second-order valence-electron chi connectivity index (χ2n) is 3.56. The number of hydrogen-bond donors (Lipinski definition) is 0. The predicted molar refractivity (Wildman–Crippen MR) is 37.4 cm³/mol. The Balaban J connectivity index is 1.93. The number of rotatable bonds is 0. The van der Waals surface area contributed by atoms with Crippen molar-refractivity contribution in [3.05, 3.63) is 0 Å². The van der Waals surface area contributed by atoms with E-state index in [9.17, 15) is 0 Å². The van der Waals surface area contributed by atoms with Crippen LogP contribution in [0.1, 0.15) is 32.1 Å². The molecule has 9 heavy (non-hydrogen) atoms. The van der Waals surface area contributed by atoms with Crippen LogP contribution in [0, 0.1) is 5.41 Å². The fourth-order valence-electron chi connectivity index (χ4n) is 2.05. The molecule has 2 aliphatic rings. The highest BCUT2D eigenvalue weighted by molar-refractivity contribution is 4.91. The molecule has 0 unspecified atom stereocenters. The van der Waals surface area contributed by atoms with E-state index in [-0.39, 0.29) is 0 Å². The molecule has 1 nitrogen and oxygen atoms in total. The van der Waals surface area contributed by atoms with E-state index in [1.54, 1.807) is 0 Å². The molecule has 2 fully saturated rings. The van der Waals surface area contributed by atoms with Crippen molar-refractivity contribution in [2.75, 3.05) is 13.1 Å². The van der Waals surface area contributed by atoms with Gasteiger partial charge in [0.15, 0.2) is 0 Å². The van der Waals surface area contributed by atoms with Crippen LogP contribution >= 0.6 is 0 Å². The second kappa shape index (κ2) is 1.98. The average Bonchev–Trinajstić information content (AvgIpc) is 1.87. The molecule has 51 valence electrons. The average molecular weight is 124 g/mol. The zero-order chi connectivity index (χ0) is 6.16. The van der Waals surface area contributed by atoms with E-state index < -0.39 is 0 Å². The van der Waals surface area contributed by atoms with Gasteiger partial charge >= 0.3 is 0 Å². The Hall–Kier alpha value is -0.0400. The van der Waals surface area contributed by atoms with Gasteiger partial charge in [-0.15, -0.1) is 0 Å². The van der Waals surface area contributed by atoms with Gasteiger partial charge in [0.1, 0.15) is 0 Å². The van der Waals surface area contributed by atoms with Crippen LogP contribution in [-0.2, 0) is 0 Å². The quantitative estimate of drug-likeness (QED) is 0.465. The Morgan fingerprint density at radius 3 is 2.11 bits per heavy atom. The van der Waals surface area contributed by atoms with Gasteiger partial charge in [0, 0.05) is 13.1 Å². The van der Waals surface area contributed by atoms with Gasteiger partial charge in [-0.3, -0.25) is 0 Å². The van der Waals surface area contributed by atoms with E-state index in [4.69, 9.17) is 0 Å². The third kappa shape index (κ3) is 0.877. The summed E-state index contributed by atoms with van der Waals surface area (Å²) in [6.45, 7) is 2.33. The van der Waals surface area contributed by atoms with Gasteiger partial charge in [-0.05, 0) is 31.1 Å². The highest BCUT2D eigenvalue weighted by Gasteiger charge is 2.37. The Kier molecular flexibility index (Phi) is 1.26. The molecule has 0 aromatic heterocycles. The molecule has 1 radical (unpaired) electrons. The van der Waals surface area contributed by atoms with Crippen molar-refractivity contribution in [2.24, 2.45) is 5.41 Å². The van der Waals surface area contributed by atoms with Crippen molar-refractivity contribution in [1.29, 1.82) is 0 Å². The van der Waals surface area contributed by atoms with Crippen LogP contribution in [0.15, 0.2) is 0 Å².